The predicted octanol–water partition coefficient (Wildman–Crippen LogP) is 4.31. The maximum atomic E-state index is 14.9. The Labute approximate surface area is 256 Å². The van der Waals surface area contributed by atoms with Gasteiger partial charge in [-0.05, 0) is 63.3 Å². The third kappa shape index (κ3) is 7.49. The van der Waals surface area contributed by atoms with Gasteiger partial charge in [0, 0.05) is 18.4 Å². The Morgan fingerprint density at radius 3 is 2.38 bits per heavy atom. The summed E-state index contributed by atoms with van der Waals surface area (Å²) in [6.45, 7) is 1.66. The third-order valence-corrected chi connectivity index (χ3v) is 9.55. The summed E-state index contributed by atoms with van der Waals surface area (Å²) in [5.41, 5.74) is -6.75. The van der Waals surface area contributed by atoms with Gasteiger partial charge in [0.05, 0.1) is 47.7 Å². The van der Waals surface area contributed by atoms with Gasteiger partial charge in [-0.25, -0.2) is 12.8 Å². The third-order valence-electron chi connectivity index (χ3n) is 8.07. The van der Waals surface area contributed by atoms with E-state index < -0.39 is 67.3 Å². The van der Waals surface area contributed by atoms with Crippen LogP contribution in [0.3, 0.4) is 0 Å². The molecule has 1 heterocycles. The van der Waals surface area contributed by atoms with Crippen LogP contribution in [-0.2, 0) is 24.2 Å². The molecule has 45 heavy (non-hydrogen) atoms. The topological polar surface area (TPSA) is 157 Å². The Bertz CT molecular complexity index is 1560. The molecule has 16 heteroatoms. The highest BCUT2D eigenvalue weighted by atomic mass is 32.2. The van der Waals surface area contributed by atoms with Crippen LogP contribution < -0.4 is 20.1 Å². The van der Waals surface area contributed by atoms with Crippen LogP contribution in [0.4, 0.5) is 23.2 Å². The summed E-state index contributed by atoms with van der Waals surface area (Å²) >= 11 is 0. The molecule has 1 aliphatic heterocycles. The maximum absolute atomic E-state index is 14.9. The SMILES string of the molecule is COc1cc(F)c(O[C@H]2CC[C@@](C)(C(=O)O)CC2)cc1C(=O)N[C@@H]1COCC[C@@H]1C(=O)Nc1cccc(S(=O)(=O)C(F)(F)F)c1. The smallest absolute Gasteiger partial charge is 0.496 e. The summed E-state index contributed by atoms with van der Waals surface area (Å²) in [7, 11) is -4.42. The number of ether oxygens (including phenoxy) is 3. The number of benzene rings is 2. The average molecular weight is 661 g/mol. The number of carboxylic acids is 1. The van der Waals surface area contributed by atoms with Gasteiger partial charge in [0.1, 0.15) is 5.75 Å². The molecule has 246 valence electrons. The number of hydrogen-bond acceptors (Lipinski definition) is 8. The lowest BCUT2D eigenvalue weighted by atomic mass is 9.75. The first-order valence-corrected chi connectivity index (χ1v) is 15.4. The predicted molar refractivity (Wildman–Crippen MR) is 150 cm³/mol. The monoisotopic (exact) mass is 660 g/mol. The fourth-order valence-electron chi connectivity index (χ4n) is 5.26. The Balaban J connectivity index is 1.48. The number of amides is 2. The van der Waals surface area contributed by atoms with Crippen molar-refractivity contribution in [3.05, 3.63) is 47.8 Å². The highest BCUT2D eigenvalue weighted by molar-refractivity contribution is 7.92. The van der Waals surface area contributed by atoms with Gasteiger partial charge < -0.3 is 30.0 Å². The molecule has 0 spiro atoms. The van der Waals surface area contributed by atoms with Crippen LogP contribution in [0.1, 0.15) is 49.4 Å². The van der Waals surface area contributed by atoms with E-state index in [-0.39, 0.29) is 42.4 Å². The van der Waals surface area contributed by atoms with Crippen molar-refractivity contribution in [2.24, 2.45) is 11.3 Å². The van der Waals surface area contributed by atoms with Crippen molar-refractivity contribution in [2.45, 2.75) is 61.6 Å². The number of nitrogens with one attached hydrogen (secondary N) is 2. The zero-order chi connectivity index (χ0) is 33.2. The minimum absolute atomic E-state index is 0.108. The molecule has 2 aromatic rings. The average Bonchev–Trinajstić information content (AvgIpc) is 2.98. The van der Waals surface area contributed by atoms with Gasteiger partial charge in [0.2, 0.25) is 5.91 Å². The fourth-order valence-corrected chi connectivity index (χ4v) is 6.07. The van der Waals surface area contributed by atoms with Crippen LogP contribution in [0.25, 0.3) is 0 Å². The van der Waals surface area contributed by atoms with Crippen molar-refractivity contribution >= 4 is 33.3 Å². The maximum Gasteiger partial charge on any atom is 0.501 e. The van der Waals surface area contributed by atoms with E-state index in [4.69, 9.17) is 14.2 Å². The van der Waals surface area contributed by atoms with E-state index in [1.54, 1.807) is 6.92 Å². The molecular formula is C29H32F4N2O9S. The number of hydrogen-bond donors (Lipinski definition) is 3. The van der Waals surface area contributed by atoms with Crippen LogP contribution >= 0.6 is 0 Å². The Morgan fingerprint density at radius 1 is 1.07 bits per heavy atom. The molecule has 0 aromatic heterocycles. The summed E-state index contributed by atoms with van der Waals surface area (Å²) in [6.07, 6.45) is 0.995. The number of carboxylic acid groups (broad SMARTS) is 1. The molecule has 4 rings (SSSR count). The van der Waals surface area contributed by atoms with Gasteiger partial charge in [-0.3, -0.25) is 14.4 Å². The van der Waals surface area contributed by atoms with E-state index >= 15 is 0 Å². The standard InChI is InChI=1S/C29H32F4N2O9S/c1-28(27(38)39)9-6-17(7-10-28)44-24-13-20(23(42-2)14-21(24)30)26(37)35-22-15-43-11-8-19(22)25(36)34-16-4-3-5-18(12-16)45(40,41)29(31,32)33/h3-5,12-14,17,19,22H,6-11,15H2,1-2H3,(H,34,36)(H,35,37)(H,38,39)/t17-,19-,22+,28+/m0/s1. The van der Waals surface area contributed by atoms with Crippen molar-refractivity contribution in [3.63, 3.8) is 0 Å². The molecule has 11 nitrogen and oxygen atoms in total. The number of aliphatic carboxylic acids is 1. The van der Waals surface area contributed by atoms with Crippen molar-refractivity contribution in [1.29, 1.82) is 0 Å². The summed E-state index contributed by atoms with van der Waals surface area (Å²) in [5.74, 6) is -4.48. The number of sulfone groups is 1. The van der Waals surface area contributed by atoms with Crippen molar-refractivity contribution < 1.29 is 59.7 Å². The molecule has 1 aliphatic carbocycles. The van der Waals surface area contributed by atoms with Crippen molar-refractivity contribution in [1.82, 2.24) is 5.32 Å². The second-order valence-electron chi connectivity index (χ2n) is 11.2. The zero-order valence-electron chi connectivity index (χ0n) is 24.3. The lowest BCUT2D eigenvalue weighted by Gasteiger charge is -2.34. The highest BCUT2D eigenvalue weighted by Gasteiger charge is 2.47. The number of rotatable bonds is 9. The molecule has 3 N–H and O–H groups in total. The number of carbonyl (C=O) groups is 3. The minimum atomic E-state index is -5.65. The molecule has 2 aromatic carbocycles. The first-order valence-electron chi connectivity index (χ1n) is 13.9. The summed E-state index contributed by atoms with van der Waals surface area (Å²) in [5, 5.41) is 14.5. The van der Waals surface area contributed by atoms with E-state index in [1.165, 1.54) is 13.2 Å². The van der Waals surface area contributed by atoms with E-state index in [9.17, 15) is 45.5 Å². The van der Waals surface area contributed by atoms with Crippen LogP contribution in [-0.4, -0.2) is 69.3 Å². The zero-order valence-corrected chi connectivity index (χ0v) is 25.1. The Kier molecular flexibility index (Phi) is 9.97. The van der Waals surface area contributed by atoms with Crippen LogP contribution in [0.15, 0.2) is 41.3 Å². The van der Waals surface area contributed by atoms with E-state index in [2.05, 4.69) is 10.6 Å². The largest absolute Gasteiger partial charge is 0.501 e. The number of anilines is 1. The molecule has 2 aliphatic rings. The number of carbonyl (C=O) groups excluding carboxylic acids is 2. The molecule has 0 unspecified atom stereocenters. The molecular weight excluding hydrogens is 628 g/mol. The molecule has 2 fully saturated rings. The number of halogens is 4. The second-order valence-corrected chi connectivity index (χ2v) is 13.1. The van der Waals surface area contributed by atoms with Gasteiger partial charge in [-0.1, -0.05) is 6.07 Å². The lowest BCUT2D eigenvalue weighted by Crippen LogP contribution is -2.50. The molecule has 1 saturated heterocycles. The van der Waals surface area contributed by atoms with Crippen LogP contribution in [0, 0.1) is 17.2 Å². The van der Waals surface area contributed by atoms with E-state index in [0.29, 0.717) is 31.7 Å². The number of alkyl halides is 3. The summed E-state index contributed by atoms with van der Waals surface area (Å²) in [4.78, 5) is 37.0. The molecule has 1 saturated carbocycles. The first kappa shape index (κ1) is 34.0. The fraction of sp³-hybridized carbons (Fsp3) is 0.483. The van der Waals surface area contributed by atoms with E-state index in [1.807, 2.05) is 0 Å². The van der Waals surface area contributed by atoms with Gasteiger partial charge in [-0.2, -0.15) is 13.2 Å². The Morgan fingerprint density at radius 2 is 1.76 bits per heavy atom. The Hall–Kier alpha value is -3.92. The summed E-state index contributed by atoms with van der Waals surface area (Å²) < 4.78 is 93.9. The van der Waals surface area contributed by atoms with E-state index in [0.717, 1.165) is 24.3 Å². The molecule has 2 amide bonds. The van der Waals surface area contributed by atoms with Gasteiger partial charge >= 0.3 is 11.5 Å². The second kappa shape index (κ2) is 13.2. The van der Waals surface area contributed by atoms with Crippen molar-refractivity contribution in [3.8, 4) is 11.5 Å². The normalized spacial score (nSPS) is 23.9. The quantitative estimate of drug-likeness (QED) is 0.334. The lowest BCUT2D eigenvalue weighted by molar-refractivity contribution is -0.150. The van der Waals surface area contributed by atoms with Crippen LogP contribution in [0.2, 0.25) is 0 Å². The summed E-state index contributed by atoms with van der Waals surface area (Å²) in [6, 6.07) is 4.91. The highest BCUT2D eigenvalue weighted by Crippen LogP contribution is 2.39. The van der Waals surface area contributed by atoms with Gasteiger partial charge in [0.15, 0.2) is 11.6 Å². The van der Waals surface area contributed by atoms with Crippen LogP contribution in [0.5, 0.6) is 11.5 Å². The minimum Gasteiger partial charge on any atom is -0.496 e. The number of methoxy groups -OCH3 is 1. The molecule has 0 radical (unpaired) electrons. The first-order chi connectivity index (χ1) is 21.1. The van der Waals surface area contributed by atoms with Crippen molar-refractivity contribution in [2.75, 3.05) is 25.6 Å². The molecule has 0 bridgehead atoms. The van der Waals surface area contributed by atoms with Gasteiger partial charge in [0.25, 0.3) is 15.7 Å². The molecule has 2 atom stereocenters. The van der Waals surface area contributed by atoms with Gasteiger partial charge in [-0.15, -0.1) is 0 Å².